The van der Waals surface area contributed by atoms with Crippen LogP contribution in [0.4, 0.5) is 5.82 Å². The van der Waals surface area contributed by atoms with E-state index in [-0.39, 0.29) is 6.54 Å². The molecule has 2 aromatic carbocycles. The van der Waals surface area contributed by atoms with Crippen molar-refractivity contribution in [2.24, 2.45) is 0 Å². The SMILES string of the molecule is O=C(CN1C(=O)c2ccccc2C1=O)Nc1ccc(-c2nc3ccccc3s2)cn1. The first-order valence-corrected chi connectivity index (χ1v) is 9.99. The number of imide groups is 1. The lowest BCUT2D eigenvalue weighted by molar-refractivity contribution is -0.116. The summed E-state index contributed by atoms with van der Waals surface area (Å²) in [5, 5.41) is 3.47. The molecule has 1 N–H and O–H groups in total. The highest BCUT2D eigenvalue weighted by Gasteiger charge is 2.36. The average molecular weight is 414 g/mol. The fourth-order valence-corrected chi connectivity index (χ4v) is 4.25. The highest BCUT2D eigenvalue weighted by molar-refractivity contribution is 7.21. The lowest BCUT2D eigenvalue weighted by atomic mass is 10.1. The Balaban J connectivity index is 1.28. The molecule has 0 bridgehead atoms. The molecule has 0 saturated heterocycles. The van der Waals surface area contributed by atoms with Crippen molar-refractivity contribution in [3.8, 4) is 10.6 Å². The number of hydrogen-bond acceptors (Lipinski definition) is 6. The summed E-state index contributed by atoms with van der Waals surface area (Å²) >= 11 is 1.57. The van der Waals surface area contributed by atoms with Crippen LogP contribution in [-0.4, -0.2) is 39.1 Å². The minimum atomic E-state index is -0.496. The van der Waals surface area contributed by atoms with Crippen LogP contribution in [0, 0.1) is 0 Å². The van der Waals surface area contributed by atoms with Crippen LogP contribution in [0.3, 0.4) is 0 Å². The number of hydrogen-bond donors (Lipinski definition) is 1. The molecule has 4 aromatic rings. The van der Waals surface area contributed by atoms with E-state index in [1.165, 1.54) is 0 Å². The first-order chi connectivity index (χ1) is 14.6. The molecule has 0 fully saturated rings. The van der Waals surface area contributed by atoms with E-state index in [2.05, 4.69) is 15.3 Å². The van der Waals surface area contributed by atoms with E-state index in [1.54, 1.807) is 47.9 Å². The van der Waals surface area contributed by atoms with Crippen molar-refractivity contribution < 1.29 is 14.4 Å². The minimum Gasteiger partial charge on any atom is -0.309 e. The Hall–Kier alpha value is -3.91. The molecule has 8 heteroatoms. The van der Waals surface area contributed by atoms with Crippen molar-refractivity contribution in [3.05, 3.63) is 78.0 Å². The Morgan fingerprint density at radius 1 is 0.933 bits per heavy atom. The second kappa shape index (κ2) is 7.16. The number of benzene rings is 2. The number of nitrogens with one attached hydrogen (secondary N) is 1. The average Bonchev–Trinajstić information content (AvgIpc) is 3.30. The van der Waals surface area contributed by atoms with Crippen LogP contribution in [0.15, 0.2) is 66.9 Å². The largest absolute Gasteiger partial charge is 0.309 e. The fourth-order valence-electron chi connectivity index (χ4n) is 3.30. The Morgan fingerprint density at radius 2 is 1.63 bits per heavy atom. The third kappa shape index (κ3) is 3.13. The molecule has 30 heavy (non-hydrogen) atoms. The Labute approximate surface area is 175 Å². The topological polar surface area (TPSA) is 92.3 Å². The van der Waals surface area contributed by atoms with Crippen LogP contribution >= 0.6 is 11.3 Å². The van der Waals surface area contributed by atoms with Crippen LogP contribution in [0.25, 0.3) is 20.8 Å². The molecule has 0 aliphatic carbocycles. The first-order valence-electron chi connectivity index (χ1n) is 9.17. The predicted octanol–water partition coefficient (Wildman–Crippen LogP) is 3.59. The zero-order chi connectivity index (χ0) is 20.7. The van der Waals surface area contributed by atoms with Gasteiger partial charge in [0.1, 0.15) is 17.4 Å². The van der Waals surface area contributed by atoms with E-state index < -0.39 is 17.7 Å². The van der Waals surface area contributed by atoms with E-state index in [9.17, 15) is 14.4 Å². The van der Waals surface area contributed by atoms with Gasteiger partial charge in [0.2, 0.25) is 5.91 Å². The lowest BCUT2D eigenvalue weighted by Gasteiger charge is -2.13. The highest BCUT2D eigenvalue weighted by atomic mass is 32.1. The van der Waals surface area contributed by atoms with Gasteiger partial charge < -0.3 is 5.32 Å². The Bertz CT molecular complexity index is 1250. The molecular formula is C22H14N4O3S. The minimum absolute atomic E-state index is 0.314. The maximum atomic E-state index is 12.4. The summed E-state index contributed by atoms with van der Waals surface area (Å²) in [6.45, 7) is -0.367. The first kappa shape index (κ1) is 18.1. The van der Waals surface area contributed by atoms with Gasteiger partial charge in [0.25, 0.3) is 11.8 Å². The number of pyridine rings is 1. The van der Waals surface area contributed by atoms with Crippen LogP contribution in [0.5, 0.6) is 0 Å². The van der Waals surface area contributed by atoms with E-state index in [1.807, 2.05) is 30.3 Å². The number of para-hydroxylation sites is 1. The predicted molar refractivity (Wildman–Crippen MR) is 113 cm³/mol. The molecule has 0 radical (unpaired) electrons. The van der Waals surface area contributed by atoms with Gasteiger partial charge in [-0.25, -0.2) is 9.97 Å². The molecule has 0 atom stereocenters. The normalized spacial score (nSPS) is 13.0. The lowest BCUT2D eigenvalue weighted by Crippen LogP contribution is -2.37. The summed E-state index contributed by atoms with van der Waals surface area (Å²) < 4.78 is 1.09. The van der Waals surface area contributed by atoms with Crippen LogP contribution in [0.1, 0.15) is 20.7 Å². The van der Waals surface area contributed by atoms with E-state index in [4.69, 9.17) is 0 Å². The van der Waals surface area contributed by atoms with Crippen molar-refractivity contribution in [2.45, 2.75) is 0 Å². The van der Waals surface area contributed by atoms with Gasteiger partial charge in [0, 0.05) is 11.8 Å². The number of rotatable bonds is 4. The third-order valence-corrected chi connectivity index (χ3v) is 5.84. The molecule has 2 aromatic heterocycles. The van der Waals surface area contributed by atoms with Gasteiger partial charge in [0.15, 0.2) is 0 Å². The third-order valence-electron chi connectivity index (χ3n) is 4.75. The molecule has 0 unspecified atom stereocenters. The number of anilines is 1. The van der Waals surface area contributed by atoms with Crippen molar-refractivity contribution in [3.63, 3.8) is 0 Å². The highest BCUT2D eigenvalue weighted by Crippen LogP contribution is 2.30. The van der Waals surface area contributed by atoms with Gasteiger partial charge >= 0.3 is 0 Å². The summed E-state index contributed by atoms with van der Waals surface area (Å²) in [7, 11) is 0. The second-order valence-corrected chi connectivity index (χ2v) is 7.74. The molecule has 0 spiro atoms. The quantitative estimate of drug-likeness (QED) is 0.515. The van der Waals surface area contributed by atoms with Crippen molar-refractivity contribution in [2.75, 3.05) is 11.9 Å². The van der Waals surface area contributed by atoms with Gasteiger partial charge in [-0.3, -0.25) is 19.3 Å². The number of fused-ring (bicyclic) bond motifs is 2. The summed E-state index contributed by atoms with van der Waals surface area (Å²) in [4.78, 5) is 46.9. The fraction of sp³-hybridized carbons (Fsp3) is 0.0455. The number of aromatic nitrogens is 2. The van der Waals surface area contributed by atoms with E-state index in [0.717, 1.165) is 25.7 Å². The van der Waals surface area contributed by atoms with E-state index in [0.29, 0.717) is 16.9 Å². The smallest absolute Gasteiger partial charge is 0.262 e. The molecule has 3 amide bonds. The number of carbonyl (C=O) groups excluding carboxylic acids is 3. The number of nitrogens with zero attached hydrogens (tertiary/aromatic N) is 3. The molecule has 146 valence electrons. The van der Waals surface area contributed by atoms with Crippen LogP contribution in [0.2, 0.25) is 0 Å². The molecule has 5 rings (SSSR count). The summed E-state index contributed by atoms with van der Waals surface area (Å²) in [6.07, 6.45) is 1.63. The van der Waals surface area contributed by atoms with Crippen LogP contribution in [-0.2, 0) is 4.79 Å². The van der Waals surface area contributed by atoms with Gasteiger partial charge in [-0.1, -0.05) is 24.3 Å². The maximum Gasteiger partial charge on any atom is 0.262 e. The molecular weight excluding hydrogens is 400 g/mol. The van der Waals surface area contributed by atoms with Crippen molar-refractivity contribution >= 4 is 45.1 Å². The summed E-state index contributed by atoms with van der Waals surface area (Å²) in [5.74, 6) is -1.10. The van der Waals surface area contributed by atoms with Gasteiger partial charge in [0.05, 0.1) is 21.3 Å². The zero-order valence-electron chi connectivity index (χ0n) is 15.5. The monoisotopic (exact) mass is 414 g/mol. The second-order valence-electron chi connectivity index (χ2n) is 6.71. The van der Waals surface area contributed by atoms with Crippen molar-refractivity contribution in [1.29, 1.82) is 0 Å². The Kier molecular flexibility index (Phi) is 4.33. The number of thiazole rings is 1. The standard InChI is InChI=1S/C22H14N4O3S/c27-19(12-26-21(28)14-5-1-2-6-15(14)22(26)29)25-18-10-9-13(11-23-18)20-24-16-7-3-4-8-17(16)30-20/h1-11H,12H2,(H,23,25,27). The molecule has 0 saturated carbocycles. The van der Waals surface area contributed by atoms with Gasteiger partial charge in [-0.05, 0) is 36.4 Å². The summed E-state index contributed by atoms with van der Waals surface area (Å²) in [5.41, 5.74) is 2.40. The summed E-state index contributed by atoms with van der Waals surface area (Å²) in [6, 6.07) is 17.9. The number of carbonyl (C=O) groups is 3. The van der Waals surface area contributed by atoms with Crippen LogP contribution < -0.4 is 5.32 Å². The van der Waals surface area contributed by atoms with Gasteiger partial charge in [-0.15, -0.1) is 11.3 Å². The maximum absolute atomic E-state index is 12.4. The Morgan fingerprint density at radius 3 is 2.30 bits per heavy atom. The number of amides is 3. The molecule has 7 nitrogen and oxygen atoms in total. The molecule has 1 aliphatic rings. The van der Waals surface area contributed by atoms with Crippen molar-refractivity contribution in [1.82, 2.24) is 14.9 Å². The molecule has 1 aliphatic heterocycles. The van der Waals surface area contributed by atoms with Gasteiger partial charge in [-0.2, -0.15) is 0 Å². The molecule has 3 heterocycles. The van der Waals surface area contributed by atoms with E-state index >= 15 is 0 Å². The zero-order valence-corrected chi connectivity index (χ0v) is 16.3.